The van der Waals surface area contributed by atoms with Crippen molar-refractivity contribution in [3.63, 3.8) is 0 Å². The number of hydrogen-bond acceptors (Lipinski definition) is 6. The highest BCUT2D eigenvalue weighted by Gasteiger charge is 2.37. The van der Waals surface area contributed by atoms with Gasteiger partial charge in [-0.25, -0.2) is 9.78 Å². The van der Waals surface area contributed by atoms with Crippen LogP contribution in [0.4, 0.5) is 16.3 Å². The number of rotatable bonds is 3. The number of hydrogen-bond donors (Lipinski definition) is 2. The van der Waals surface area contributed by atoms with E-state index in [0.29, 0.717) is 19.0 Å². The topological polar surface area (TPSA) is 89.7 Å². The van der Waals surface area contributed by atoms with Crippen LogP contribution in [0.3, 0.4) is 0 Å². The maximum absolute atomic E-state index is 12.1. The number of amides is 1. The monoisotopic (exact) mass is 366 g/mol. The summed E-state index contributed by atoms with van der Waals surface area (Å²) in [6.45, 7) is 15.4. The third-order valence-corrected chi connectivity index (χ3v) is 3.83. The lowest BCUT2D eigenvalue weighted by Crippen LogP contribution is -2.60. The van der Waals surface area contributed by atoms with E-state index in [1.807, 2.05) is 54.5 Å². The second-order valence-electron chi connectivity index (χ2n) is 7.60. The number of nitrogen functional groups attached to an aromatic ring is 1. The number of carbonyl (C=O) groups excluding carboxylic acids is 1. The number of alkyl carbamates (subject to hydrolysis) is 1. The molecule has 1 aliphatic heterocycles. The Hall–Kier alpha value is -2.02. The highest BCUT2D eigenvalue weighted by molar-refractivity contribution is 5.68. The van der Waals surface area contributed by atoms with Crippen molar-refractivity contribution < 1.29 is 14.3 Å². The Balaban J connectivity index is 0.00000163. The van der Waals surface area contributed by atoms with E-state index in [4.69, 9.17) is 15.2 Å². The van der Waals surface area contributed by atoms with E-state index in [1.54, 1.807) is 12.3 Å². The number of ether oxygens (including phenoxy) is 2. The van der Waals surface area contributed by atoms with Crippen LogP contribution < -0.4 is 16.0 Å². The van der Waals surface area contributed by atoms with Crippen LogP contribution in [0.1, 0.15) is 48.5 Å². The van der Waals surface area contributed by atoms with Gasteiger partial charge in [0.15, 0.2) is 0 Å². The van der Waals surface area contributed by atoms with E-state index in [1.165, 1.54) is 0 Å². The lowest BCUT2D eigenvalue weighted by atomic mass is 9.95. The zero-order chi connectivity index (χ0) is 20.0. The van der Waals surface area contributed by atoms with Gasteiger partial charge in [0, 0.05) is 13.1 Å². The third kappa shape index (κ3) is 6.71. The van der Waals surface area contributed by atoms with Gasteiger partial charge in [-0.3, -0.25) is 0 Å². The SMILES string of the molecule is CC.CC(C)(C)OC(=O)NC(C)(C)C1CN(c2ccc(N)nc2)CCO1. The maximum Gasteiger partial charge on any atom is 0.408 e. The smallest absolute Gasteiger partial charge is 0.408 e. The molecule has 7 heteroatoms. The number of aromatic nitrogens is 1. The molecule has 1 amide bonds. The van der Waals surface area contributed by atoms with Gasteiger partial charge in [0.25, 0.3) is 0 Å². The van der Waals surface area contributed by atoms with Crippen LogP contribution in [0.2, 0.25) is 0 Å². The Bertz CT molecular complexity index is 567. The van der Waals surface area contributed by atoms with Gasteiger partial charge in [-0.05, 0) is 46.8 Å². The Morgan fingerprint density at radius 3 is 2.50 bits per heavy atom. The molecule has 0 spiro atoms. The molecule has 1 aromatic heterocycles. The predicted molar refractivity (Wildman–Crippen MR) is 105 cm³/mol. The van der Waals surface area contributed by atoms with Crippen LogP contribution in [0.25, 0.3) is 0 Å². The molecule has 1 unspecified atom stereocenters. The number of nitrogens with zero attached hydrogens (tertiary/aromatic N) is 2. The van der Waals surface area contributed by atoms with Crippen LogP contribution in [0.5, 0.6) is 0 Å². The first-order chi connectivity index (χ1) is 12.1. The summed E-state index contributed by atoms with van der Waals surface area (Å²) in [6, 6.07) is 3.73. The molecule has 0 aromatic carbocycles. The van der Waals surface area contributed by atoms with Crippen LogP contribution in [-0.4, -0.2) is 48.0 Å². The molecule has 1 aromatic rings. The van der Waals surface area contributed by atoms with E-state index in [2.05, 4.69) is 15.2 Å². The molecule has 0 radical (unpaired) electrons. The summed E-state index contributed by atoms with van der Waals surface area (Å²) >= 11 is 0. The lowest BCUT2D eigenvalue weighted by Gasteiger charge is -2.42. The number of nitrogens with two attached hydrogens (primary N) is 1. The van der Waals surface area contributed by atoms with E-state index < -0.39 is 17.2 Å². The summed E-state index contributed by atoms with van der Waals surface area (Å²) in [7, 11) is 0. The van der Waals surface area contributed by atoms with Gasteiger partial charge in [0.2, 0.25) is 0 Å². The van der Waals surface area contributed by atoms with Gasteiger partial charge in [-0.2, -0.15) is 0 Å². The van der Waals surface area contributed by atoms with Gasteiger partial charge in [0.05, 0.1) is 30.1 Å². The second-order valence-corrected chi connectivity index (χ2v) is 7.60. The van der Waals surface area contributed by atoms with E-state index in [0.717, 1.165) is 12.2 Å². The van der Waals surface area contributed by atoms with Crippen molar-refractivity contribution in [2.24, 2.45) is 0 Å². The first kappa shape index (κ1) is 22.0. The van der Waals surface area contributed by atoms with Crippen molar-refractivity contribution in [1.29, 1.82) is 0 Å². The van der Waals surface area contributed by atoms with Gasteiger partial charge in [-0.1, -0.05) is 13.8 Å². The number of morpholine rings is 1. The van der Waals surface area contributed by atoms with Crippen molar-refractivity contribution in [2.75, 3.05) is 30.3 Å². The van der Waals surface area contributed by atoms with Crippen molar-refractivity contribution in [3.8, 4) is 0 Å². The summed E-state index contributed by atoms with van der Waals surface area (Å²) in [4.78, 5) is 18.4. The van der Waals surface area contributed by atoms with E-state index in [-0.39, 0.29) is 6.10 Å². The van der Waals surface area contributed by atoms with Crippen molar-refractivity contribution in [2.45, 2.75) is 65.7 Å². The minimum atomic E-state index is -0.567. The fraction of sp³-hybridized carbons (Fsp3) is 0.684. The van der Waals surface area contributed by atoms with Crippen molar-refractivity contribution in [3.05, 3.63) is 18.3 Å². The molecule has 0 aliphatic carbocycles. The molecule has 7 nitrogen and oxygen atoms in total. The molecule has 3 N–H and O–H groups in total. The summed E-state index contributed by atoms with van der Waals surface area (Å²) in [5.41, 5.74) is 5.53. The molecule has 26 heavy (non-hydrogen) atoms. The molecule has 2 heterocycles. The maximum atomic E-state index is 12.1. The van der Waals surface area contributed by atoms with Crippen molar-refractivity contribution >= 4 is 17.6 Å². The quantitative estimate of drug-likeness (QED) is 0.854. The fourth-order valence-corrected chi connectivity index (χ4v) is 2.55. The molecule has 1 aliphatic rings. The molecule has 1 fully saturated rings. The van der Waals surface area contributed by atoms with Gasteiger partial charge in [0.1, 0.15) is 11.4 Å². The number of pyridine rings is 1. The Kier molecular flexibility index (Phi) is 7.68. The van der Waals surface area contributed by atoms with E-state index in [9.17, 15) is 4.79 Å². The van der Waals surface area contributed by atoms with Crippen LogP contribution in [-0.2, 0) is 9.47 Å². The molecule has 1 saturated heterocycles. The standard InChI is InChI=1S/C17H28N4O3.C2H6/c1-16(2,3)24-15(22)20-17(4,5)13-11-21(8-9-23-13)12-6-7-14(18)19-10-12;1-2/h6-7,10,13H,8-9,11H2,1-5H3,(H2,18,19)(H,20,22);1-2H3. The predicted octanol–water partition coefficient (Wildman–Crippen LogP) is 3.20. The van der Waals surface area contributed by atoms with Gasteiger partial charge in [-0.15, -0.1) is 0 Å². The summed E-state index contributed by atoms with van der Waals surface area (Å²) in [5.74, 6) is 0.496. The largest absolute Gasteiger partial charge is 0.444 e. The number of carbonyl (C=O) groups is 1. The molecular formula is C19H34N4O3. The first-order valence-electron chi connectivity index (χ1n) is 9.16. The summed E-state index contributed by atoms with van der Waals surface area (Å²) in [5, 5.41) is 2.92. The van der Waals surface area contributed by atoms with Crippen LogP contribution in [0.15, 0.2) is 18.3 Å². The number of nitrogens with one attached hydrogen (secondary N) is 1. The molecule has 148 valence electrons. The highest BCUT2D eigenvalue weighted by Crippen LogP contribution is 2.23. The van der Waals surface area contributed by atoms with Gasteiger partial charge < -0.3 is 25.4 Å². The summed E-state index contributed by atoms with van der Waals surface area (Å²) < 4.78 is 11.2. The fourth-order valence-electron chi connectivity index (χ4n) is 2.55. The summed E-state index contributed by atoms with van der Waals surface area (Å²) in [6.07, 6.45) is 1.14. The zero-order valence-corrected chi connectivity index (χ0v) is 17.1. The van der Waals surface area contributed by atoms with Crippen molar-refractivity contribution in [1.82, 2.24) is 10.3 Å². The normalized spacial score (nSPS) is 17.8. The molecule has 0 saturated carbocycles. The number of anilines is 2. The zero-order valence-electron chi connectivity index (χ0n) is 17.1. The molecule has 1 atom stereocenters. The molecular weight excluding hydrogens is 332 g/mol. The second kappa shape index (κ2) is 9.07. The first-order valence-corrected chi connectivity index (χ1v) is 9.16. The minimum Gasteiger partial charge on any atom is -0.444 e. The van der Waals surface area contributed by atoms with Gasteiger partial charge >= 0.3 is 6.09 Å². The minimum absolute atomic E-state index is 0.170. The average molecular weight is 367 g/mol. The third-order valence-electron chi connectivity index (χ3n) is 3.83. The Morgan fingerprint density at radius 1 is 1.31 bits per heavy atom. The highest BCUT2D eigenvalue weighted by atomic mass is 16.6. The molecule has 0 bridgehead atoms. The van der Waals surface area contributed by atoms with Crippen LogP contribution >= 0.6 is 0 Å². The lowest BCUT2D eigenvalue weighted by molar-refractivity contribution is -0.0189. The van der Waals surface area contributed by atoms with E-state index >= 15 is 0 Å². The average Bonchev–Trinajstić information content (AvgIpc) is 2.55. The van der Waals surface area contributed by atoms with Crippen LogP contribution in [0, 0.1) is 0 Å². The Morgan fingerprint density at radius 2 is 1.96 bits per heavy atom. The Labute approximate surface area is 157 Å². The molecule has 2 rings (SSSR count).